The van der Waals surface area contributed by atoms with Gasteiger partial charge in [-0.05, 0) is 67.4 Å². The van der Waals surface area contributed by atoms with E-state index in [2.05, 4.69) is 0 Å². The summed E-state index contributed by atoms with van der Waals surface area (Å²) in [4.78, 5) is 36.5. The van der Waals surface area contributed by atoms with E-state index >= 15 is 0 Å². The van der Waals surface area contributed by atoms with Crippen molar-refractivity contribution >= 4 is 41.0 Å². The molecule has 0 saturated carbocycles. The lowest BCUT2D eigenvalue weighted by Crippen LogP contribution is -2.39. The molecule has 13 heteroatoms. The molecule has 0 bridgehead atoms. The van der Waals surface area contributed by atoms with Crippen LogP contribution in [-0.2, 0) is 27.3 Å². The van der Waals surface area contributed by atoms with Crippen LogP contribution >= 0.6 is 23.2 Å². The van der Waals surface area contributed by atoms with Crippen LogP contribution in [-0.4, -0.2) is 66.0 Å². The molecule has 1 N–H and O–H groups in total. The van der Waals surface area contributed by atoms with Crippen molar-refractivity contribution in [2.75, 3.05) is 32.9 Å². The monoisotopic (exact) mass is 634 g/mol. The van der Waals surface area contributed by atoms with Crippen molar-refractivity contribution in [1.82, 2.24) is 4.90 Å². The number of hydrogen-bond donors (Lipinski definition) is 1. The molecule has 1 amide bonds. The number of hydrogen-bond acceptors (Lipinski definition) is 8. The summed E-state index contributed by atoms with van der Waals surface area (Å²) in [6.07, 6.45) is -1.46. The fraction of sp³-hybridized carbons (Fsp3) is 0.333. The Morgan fingerprint density at radius 2 is 1.60 bits per heavy atom. The average molecular weight is 635 g/mol. The van der Waals surface area contributed by atoms with Gasteiger partial charge in [-0.1, -0.05) is 35.3 Å². The van der Waals surface area contributed by atoms with E-state index in [0.717, 1.165) is 11.1 Å². The number of benzene rings is 3. The molecular weight excluding hydrogens is 603 g/mol. The van der Waals surface area contributed by atoms with Crippen LogP contribution in [0.4, 0.5) is 10.5 Å². The lowest BCUT2D eigenvalue weighted by molar-refractivity contribution is -0.385. The second-order valence-corrected chi connectivity index (χ2v) is 10.2. The van der Waals surface area contributed by atoms with E-state index in [1.807, 2.05) is 0 Å². The number of nitro groups is 1. The summed E-state index contributed by atoms with van der Waals surface area (Å²) >= 11 is 12.1. The van der Waals surface area contributed by atoms with Crippen molar-refractivity contribution < 1.29 is 38.6 Å². The van der Waals surface area contributed by atoms with Gasteiger partial charge in [-0.25, -0.2) is 9.59 Å². The predicted molar refractivity (Wildman–Crippen MR) is 160 cm³/mol. The summed E-state index contributed by atoms with van der Waals surface area (Å²) in [5, 5.41) is 21.6. The van der Waals surface area contributed by atoms with Crippen molar-refractivity contribution in [3.8, 4) is 11.5 Å². The molecule has 1 atom stereocenters. The van der Waals surface area contributed by atoms with Crippen molar-refractivity contribution in [3.63, 3.8) is 0 Å². The van der Waals surface area contributed by atoms with Gasteiger partial charge in [-0.2, -0.15) is 0 Å². The molecule has 0 aliphatic rings. The zero-order valence-electron chi connectivity index (χ0n) is 23.7. The minimum Gasteiger partial charge on any atom is -0.492 e. The number of aliphatic carboxylic acids is 1. The highest BCUT2D eigenvalue weighted by atomic mass is 35.5. The van der Waals surface area contributed by atoms with Crippen LogP contribution in [0.1, 0.15) is 23.6 Å². The Balaban J connectivity index is 1.61. The first-order valence-electron chi connectivity index (χ1n) is 13.4. The lowest BCUT2D eigenvalue weighted by atomic mass is 10.1. The van der Waals surface area contributed by atoms with Gasteiger partial charge in [0.2, 0.25) is 0 Å². The third-order valence-electron chi connectivity index (χ3n) is 6.15. The molecule has 3 aromatic rings. The number of ether oxygens (including phenoxy) is 4. The van der Waals surface area contributed by atoms with Crippen molar-refractivity contribution in [2.24, 2.45) is 0 Å². The lowest BCUT2D eigenvalue weighted by Gasteiger charge is -2.22. The third-order valence-corrected chi connectivity index (χ3v) is 6.59. The van der Waals surface area contributed by atoms with Crippen LogP contribution < -0.4 is 9.47 Å². The number of nitro benzene ring substituents is 1. The highest BCUT2D eigenvalue weighted by Gasteiger charge is 2.20. The molecule has 3 rings (SSSR count). The zero-order valence-corrected chi connectivity index (χ0v) is 25.2. The molecule has 3 aromatic carbocycles. The van der Waals surface area contributed by atoms with Gasteiger partial charge in [0.1, 0.15) is 18.1 Å². The Labute approximate surface area is 259 Å². The molecule has 230 valence electrons. The fourth-order valence-electron chi connectivity index (χ4n) is 4.00. The summed E-state index contributed by atoms with van der Waals surface area (Å²) in [5.41, 5.74) is 1.81. The van der Waals surface area contributed by atoms with E-state index in [0.29, 0.717) is 21.4 Å². The van der Waals surface area contributed by atoms with Crippen molar-refractivity contribution in [2.45, 2.75) is 33.0 Å². The highest BCUT2D eigenvalue weighted by Crippen LogP contribution is 2.24. The van der Waals surface area contributed by atoms with Crippen LogP contribution in [0.15, 0.2) is 60.7 Å². The molecule has 0 aliphatic carbocycles. The Bertz CT molecular complexity index is 1380. The van der Waals surface area contributed by atoms with E-state index in [1.54, 1.807) is 56.3 Å². The van der Waals surface area contributed by atoms with Crippen LogP contribution in [0.3, 0.4) is 0 Å². The quantitative estimate of drug-likeness (QED) is 0.109. The molecule has 0 fully saturated rings. The molecule has 1 unspecified atom stereocenters. The SMILES string of the molecule is CCOC(Cc1ccc(OCCN(CCOCc2cc(Cl)cc(Cl)c2)C(=O)Oc2ccc(C)c([N+](=O)[O-])c2)cc1)C(=O)O. The second kappa shape index (κ2) is 16.7. The number of carboxylic acid groups (broad SMARTS) is 1. The Morgan fingerprint density at radius 3 is 2.23 bits per heavy atom. The van der Waals surface area contributed by atoms with E-state index in [1.165, 1.54) is 23.1 Å². The number of halogens is 2. The summed E-state index contributed by atoms with van der Waals surface area (Å²) in [7, 11) is 0. The van der Waals surface area contributed by atoms with Crippen molar-refractivity contribution in [1.29, 1.82) is 0 Å². The summed E-state index contributed by atoms with van der Waals surface area (Å²) in [5.74, 6) is -0.483. The Kier molecular flexibility index (Phi) is 13.0. The number of carbonyl (C=O) groups excluding carboxylic acids is 1. The number of carbonyl (C=O) groups is 2. The smallest absolute Gasteiger partial charge is 0.415 e. The normalized spacial score (nSPS) is 11.5. The van der Waals surface area contributed by atoms with E-state index < -0.39 is 23.1 Å². The highest BCUT2D eigenvalue weighted by molar-refractivity contribution is 6.34. The average Bonchev–Trinajstić information content (AvgIpc) is 2.95. The number of carboxylic acids is 1. The van der Waals surface area contributed by atoms with Gasteiger partial charge in [0.05, 0.1) is 30.7 Å². The maximum absolute atomic E-state index is 13.1. The topological polar surface area (TPSA) is 138 Å². The van der Waals surface area contributed by atoms with Crippen molar-refractivity contribution in [3.05, 3.63) is 97.5 Å². The van der Waals surface area contributed by atoms with Crippen LogP contribution in [0.5, 0.6) is 11.5 Å². The first-order valence-corrected chi connectivity index (χ1v) is 14.1. The summed E-state index contributed by atoms with van der Waals surface area (Å²) < 4.78 is 22.2. The van der Waals surface area contributed by atoms with Gasteiger partial charge in [-0.15, -0.1) is 0 Å². The minimum atomic E-state index is -1.03. The van der Waals surface area contributed by atoms with Gasteiger partial charge in [0.15, 0.2) is 6.10 Å². The molecule has 0 saturated heterocycles. The predicted octanol–water partition coefficient (Wildman–Crippen LogP) is 6.34. The minimum absolute atomic E-state index is 0.0324. The maximum atomic E-state index is 13.1. The van der Waals surface area contributed by atoms with E-state index in [9.17, 15) is 24.8 Å². The maximum Gasteiger partial charge on any atom is 0.415 e. The van der Waals surface area contributed by atoms with Crippen LogP contribution in [0, 0.1) is 17.0 Å². The molecule has 0 aliphatic heterocycles. The second-order valence-electron chi connectivity index (χ2n) is 9.37. The molecule has 43 heavy (non-hydrogen) atoms. The summed E-state index contributed by atoms with van der Waals surface area (Å²) in [6.45, 7) is 4.32. The molecular formula is C30H32Cl2N2O9. The van der Waals surface area contributed by atoms with Gasteiger partial charge >= 0.3 is 12.1 Å². The van der Waals surface area contributed by atoms with E-state index in [-0.39, 0.29) is 57.4 Å². The number of nitrogens with zero attached hydrogens (tertiary/aromatic N) is 2. The fourth-order valence-corrected chi connectivity index (χ4v) is 4.57. The summed E-state index contributed by atoms with van der Waals surface area (Å²) in [6, 6.07) is 16.1. The Morgan fingerprint density at radius 1 is 0.953 bits per heavy atom. The molecule has 0 radical (unpaired) electrons. The molecule has 0 aromatic heterocycles. The molecule has 0 spiro atoms. The zero-order chi connectivity index (χ0) is 31.4. The van der Waals surface area contributed by atoms with Gasteiger partial charge < -0.3 is 29.0 Å². The number of rotatable bonds is 16. The number of amides is 1. The van der Waals surface area contributed by atoms with Crippen LogP contribution in [0.2, 0.25) is 10.0 Å². The third kappa shape index (κ3) is 11.0. The first-order chi connectivity index (χ1) is 20.5. The largest absolute Gasteiger partial charge is 0.492 e. The first kappa shape index (κ1) is 33.6. The van der Waals surface area contributed by atoms with Gasteiger partial charge in [-0.3, -0.25) is 10.1 Å². The van der Waals surface area contributed by atoms with Crippen LogP contribution in [0.25, 0.3) is 0 Å². The molecule has 0 heterocycles. The standard InChI is InChI=1S/C30H32Cl2N2O9/c1-3-41-28(29(35)36)16-21-5-8-25(9-6-21)42-13-11-33(10-12-40-19-22-14-23(31)17-24(32)15-22)30(37)43-26-7-4-20(2)27(18-26)34(38)39/h4-9,14-15,17-18,28H,3,10-13,16,19H2,1-2H3,(H,35,36). The van der Waals surface area contributed by atoms with E-state index in [4.69, 9.17) is 42.1 Å². The Hall–Kier alpha value is -3.90. The molecule has 11 nitrogen and oxygen atoms in total. The van der Waals surface area contributed by atoms with Gasteiger partial charge in [0, 0.05) is 35.2 Å². The number of aryl methyl sites for hydroxylation is 1. The van der Waals surface area contributed by atoms with Gasteiger partial charge in [0.25, 0.3) is 5.69 Å².